The van der Waals surface area contributed by atoms with Gasteiger partial charge in [0.05, 0.1) is 22.3 Å². The summed E-state index contributed by atoms with van der Waals surface area (Å²) in [6.45, 7) is 0. The molecule has 0 aliphatic heterocycles. The summed E-state index contributed by atoms with van der Waals surface area (Å²) in [5.41, 5.74) is 1.76. The van der Waals surface area contributed by atoms with Gasteiger partial charge in [-0.15, -0.1) is 0 Å². The van der Waals surface area contributed by atoms with Crippen molar-refractivity contribution in [2.45, 2.75) is 0 Å². The van der Waals surface area contributed by atoms with Gasteiger partial charge in [0, 0.05) is 11.8 Å². The number of fused-ring (bicyclic) bond motifs is 1. The van der Waals surface area contributed by atoms with Crippen LogP contribution in [0.3, 0.4) is 0 Å². The smallest absolute Gasteiger partial charge is 0.335 e. The van der Waals surface area contributed by atoms with Crippen LogP contribution in [-0.4, -0.2) is 20.5 Å². The molecule has 3 rings (SSSR count). The van der Waals surface area contributed by atoms with Crippen molar-refractivity contribution < 1.29 is 9.90 Å². The Kier molecular flexibility index (Phi) is 2.72. The Hall–Kier alpha value is -2.33. The zero-order chi connectivity index (χ0) is 13.4. The third-order valence-electron chi connectivity index (χ3n) is 2.89. The van der Waals surface area contributed by atoms with E-state index in [0.29, 0.717) is 10.8 Å². The lowest BCUT2D eigenvalue weighted by Crippen LogP contribution is -1.98. The van der Waals surface area contributed by atoms with Gasteiger partial charge in [-0.2, -0.15) is 0 Å². The van der Waals surface area contributed by atoms with E-state index in [1.54, 1.807) is 24.5 Å². The molecule has 2 heterocycles. The molecule has 3 aromatic rings. The first kappa shape index (κ1) is 11.7. The Labute approximate surface area is 113 Å². The van der Waals surface area contributed by atoms with E-state index >= 15 is 0 Å². The number of nitrogens with zero attached hydrogens (tertiary/aromatic N) is 2. The van der Waals surface area contributed by atoms with Crippen molar-refractivity contribution in [2.75, 3.05) is 0 Å². The first-order valence-electron chi connectivity index (χ1n) is 5.62. The lowest BCUT2D eigenvalue weighted by molar-refractivity contribution is 0.0697. The first-order valence-corrected chi connectivity index (χ1v) is 6.00. The molecular weight excluding hydrogens is 264 g/mol. The van der Waals surface area contributed by atoms with Gasteiger partial charge in [0.25, 0.3) is 0 Å². The Morgan fingerprint density at radius 3 is 2.79 bits per heavy atom. The number of halogens is 1. The fraction of sp³-hybridized carbons (Fsp3) is 0. The van der Waals surface area contributed by atoms with E-state index in [1.165, 1.54) is 6.07 Å². The van der Waals surface area contributed by atoms with Gasteiger partial charge in [0.1, 0.15) is 5.82 Å². The lowest BCUT2D eigenvalue weighted by atomic mass is 10.2. The molecule has 0 aliphatic rings. The molecule has 0 unspecified atom stereocenters. The Balaban J connectivity index is 2.22. The van der Waals surface area contributed by atoms with Crippen molar-refractivity contribution in [1.82, 2.24) is 9.38 Å². The van der Waals surface area contributed by atoms with Crippen molar-refractivity contribution in [3.63, 3.8) is 0 Å². The quantitative estimate of drug-likeness (QED) is 0.778. The second kappa shape index (κ2) is 4.40. The summed E-state index contributed by atoms with van der Waals surface area (Å²) >= 11 is 6.15. The van der Waals surface area contributed by atoms with Gasteiger partial charge in [-0.3, -0.25) is 4.40 Å². The average Bonchev–Trinajstić information content (AvgIpc) is 2.82. The minimum Gasteiger partial charge on any atom is -0.478 e. The van der Waals surface area contributed by atoms with Crippen LogP contribution in [0.15, 0.2) is 48.8 Å². The van der Waals surface area contributed by atoms with Crippen molar-refractivity contribution in [3.05, 3.63) is 59.4 Å². The van der Waals surface area contributed by atoms with Gasteiger partial charge in [-0.25, -0.2) is 9.78 Å². The number of aromatic nitrogens is 2. The third-order valence-corrected chi connectivity index (χ3v) is 3.22. The average molecular weight is 273 g/mol. The fourth-order valence-corrected chi connectivity index (χ4v) is 2.19. The van der Waals surface area contributed by atoms with Crippen molar-refractivity contribution in [3.8, 4) is 11.4 Å². The third kappa shape index (κ3) is 1.96. The standard InChI is InChI=1S/C14H9ClN2O2/c15-12-4-2-1-3-11(12)13-16-8-10-7-9(14(18)19)5-6-17(10)13/h1-8H,(H,18,19). The molecule has 0 aliphatic carbocycles. The number of carboxylic acid groups (broad SMARTS) is 1. The summed E-state index contributed by atoms with van der Waals surface area (Å²) in [4.78, 5) is 15.2. The van der Waals surface area contributed by atoms with Gasteiger partial charge >= 0.3 is 5.97 Å². The molecule has 0 bridgehead atoms. The Morgan fingerprint density at radius 2 is 2.05 bits per heavy atom. The predicted molar refractivity (Wildman–Crippen MR) is 72.6 cm³/mol. The number of hydrogen-bond acceptors (Lipinski definition) is 2. The zero-order valence-corrected chi connectivity index (χ0v) is 10.5. The molecule has 94 valence electrons. The van der Waals surface area contributed by atoms with Crippen LogP contribution in [0.4, 0.5) is 0 Å². The maximum absolute atomic E-state index is 10.9. The SMILES string of the molecule is O=C(O)c1ccn2c(-c3ccccc3Cl)ncc2c1. The van der Waals surface area contributed by atoms with Crippen LogP contribution in [-0.2, 0) is 0 Å². The summed E-state index contributed by atoms with van der Waals surface area (Å²) in [5.74, 6) is -0.263. The largest absolute Gasteiger partial charge is 0.478 e. The number of benzene rings is 1. The lowest BCUT2D eigenvalue weighted by Gasteiger charge is -2.04. The van der Waals surface area contributed by atoms with Crippen LogP contribution in [0.25, 0.3) is 16.9 Å². The molecule has 0 saturated carbocycles. The zero-order valence-electron chi connectivity index (χ0n) is 9.75. The molecule has 1 aromatic carbocycles. The van der Waals surface area contributed by atoms with E-state index in [4.69, 9.17) is 16.7 Å². The molecule has 1 N–H and O–H groups in total. The van der Waals surface area contributed by atoms with Crippen LogP contribution >= 0.6 is 11.6 Å². The highest BCUT2D eigenvalue weighted by Gasteiger charge is 2.11. The van der Waals surface area contributed by atoms with E-state index in [1.807, 2.05) is 22.6 Å². The number of aromatic carboxylic acids is 1. The summed E-state index contributed by atoms with van der Waals surface area (Å²) < 4.78 is 1.81. The minimum atomic E-state index is -0.956. The van der Waals surface area contributed by atoms with Crippen molar-refractivity contribution in [1.29, 1.82) is 0 Å². The number of carboxylic acids is 1. The molecule has 4 nitrogen and oxygen atoms in total. The van der Waals surface area contributed by atoms with Gasteiger partial charge in [0.2, 0.25) is 0 Å². The van der Waals surface area contributed by atoms with Crippen LogP contribution in [0.5, 0.6) is 0 Å². The van der Waals surface area contributed by atoms with Crippen molar-refractivity contribution >= 4 is 23.1 Å². The number of imidazole rings is 1. The second-order valence-electron chi connectivity index (χ2n) is 4.08. The summed E-state index contributed by atoms with van der Waals surface area (Å²) in [5, 5.41) is 9.57. The van der Waals surface area contributed by atoms with Gasteiger partial charge in [-0.05, 0) is 24.3 Å². The molecule has 0 spiro atoms. The molecule has 2 aromatic heterocycles. The maximum Gasteiger partial charge on any atom is 0.335 e. The molecular formula is C14H9ClN2O2. The molecule has 0 radical (unpaired) electrons. The highest BCUT2D eigenvalue weighted by atomic mass is 35.5. The fourth-order valence-electron chi connectivity index (χ4n) is 1.97. The maximum atomic E-state index is 10.9. The number of rotatable bonds is 2. The number of pyridine rings is 1. The summed E-state index contributed by atoms with van der Waals surface area (Å²) in [6.07, 6.45) is 3.32. The molecule has 19 heavy (non-hydrogen) atoms. The van der Waals surface area contributed by atoms with E-state index in [2.05, 4.69) is 4.98 Å². The van der Waals surface area contributed by atoms with Gasteiger partial charge < -0.3 is 5.11 Å². The van der Waals surface area contributed by atoms with Gasteiger partial charge in [-0.1, -0.05) is 23.7 Å². The normalized spacial score (nSPS) is 10.8. The number of hydrogen-bond donors (Lipinski definition) is 1. The molecule has 0 amide bonds. The molecule has 0 saturated heterocycles. The Morgan fingerprint density at radius 1 is 1.26 bits per heavy atom. The Bertz CT molecular complexity index is 780. The van der Waals surface area contributed by atoms with Crippen LogP contribution in [0.1, 0.15) is 10.4 Å². The van der Waals surface area contributed by atoms with E-state index in [-0.39, 0.29) is 5.56 Å². The van der Waals surface area contributed by atoms with Crippen LogP contribution in [0.2, 0.25) is 5.02 Å². The van der Waals surface area contributed by atoms with E-state index < -0.39 is 5.97 Å². The van der Waals surface area contributed by atoms with Crippen LogP contribution < -0.4 is 0 Å². The van der Waals surface area contributed by atoms with Crippen LogP contribution in [0, 0.1) is 0 Å². The summed E-state index contributed by atoms with van der Waals surface area (Å²) in [7, 11) is 0. The topological polar surface area (TPSA) is 54.6 Å². The molecule has 0 fully saturated rings. The first-order chi connectivity index (χ1) is 9.16. The highest BCUT2D eigenvalue weighted by Crippen LogP contribution is 2.27. The second-order valence-corrected chi connectivity index (χ2v) is 4.48. The molecule has 0 atom stereocenters. The summed E-state index contributed by atoms with van der Waals surface area (Å²) in [6, 6.07) is 10.5. The van der Waals surface area contributed by atoms with Crippen molar-refractivity contribution in [2.24, 2.45) is 0 Å². The van der Waals surface area contributed by atoms with Gasteiger partial charge in [0.15, 0.2) is 0 Å². The minimum absolute atomic E-state index is 0.234. The monoisotopic (exact) mass is 272 g/mol. The highest BCUT2D eigenvalue weighted by molar-refractivity contribution is 6.33. The van der Waals surface area contributed by atoms with E-state index in [9.17, 15) is 4.79 Å². The number of carbonyl (C=O) groups is 1. The molecule has 5 heteroatoms. The predicted octanol–water partition coefficient (Wildman–Crippen LogP) is 3.35. The van der Waals surface area contributed by atoms with E-state index in [0.717, 1.165) is 11.1 Å².